The molecule has 5 nitrogen and oxygen atoms in total. The summed E-state index contributed by atoms with van der Waals surface area (Å²) >= 11 is 1.26. The zero-order valence-corrected chi connectivity index (χ0v) is 16.8. The summed E-state index contributed by atoms with van der Waals surface area (Å²) in [4.78, 5) is 12.6. The van der Waals surface area contributed by atoms with Crippen molar-refractivity contribution in [2.24, 2.45) is 0 Å². The number of carbonyl (C=O) groups is 1. The largest absolute Gasteiger partial charge is 0.325 e. The van der Waals surface area contributed by atoms with E-state index in [-0.39, 0.29) is 23.6 Å². The summed E-state index contributed by atoms with van der Waals surface area (Å²) in [6, 6.07) is 11.3. The van der Waals surface area contributed by atoms with Gasteiger partial charge in [-0.25, -0.2) is 8.78 Å². The van der Waals surface area contributed by atoms with Crippen molar-refractivity contribution in [3.8, 4) is 11.4 Å². The summed E-state index contributed by atoms with van der Waals surface area (Å²) in [6.45, 7) is 3.41. The summed E-state index contributed by atoms with van der Waals surface area (Å²) in [6.07, 6.45) is 1.94. The van der Waals surface area contributed by atoms with Crippen LogP contribution in [0, 0.1) is 18.6 Å². The number of anilines is 1. The molecule has 0 spiro atoms. The molecule has 1 fully saturated rings. The molecule has 150 valence electrons. The van der Waals surface area contributed by atoms with E-state index in [9.17, 15) is 13.6 Å². The first kappa shape index (κ1) is 19.6. The molecule has 0 unspecified atom stereocenters. The molecule has 8 heteroatoms. The smallest absolute Gasteiger partial charge is 0.237 e. The molecule has 0 radical (unpaired) electrons. The van der Waals surface area contributed by atoms with Crippen LogP contribution in [0.15, 0.2) is 47.6 Å². The number of hydrogen-bond acceptors (Lipinski definition) is 4. The number of nitrogens with one attached hydrogen (secondary N) is 1. The molecular weight excluding hydrogens is 394 g/mol. The first-order valence-electron chi connectivity index (χ1n) is 9.37. The quantitative estimate of drug-likeness (QED) is 0.578. The van der Waals surface area contributed by atoms with E-state index in [0.29, 0.717) is 27.8 Å². The van der Waals surface area contributed by atoms with Crippen molar-refractivity contribution in [3.05, 3.63) is 59.7 Å². The summed E-state index contributed by atoms with van der Waals surface area (Å²) in [5.74, 6) is -0.519. The number of thioether (sulfide) groups is 1. The van der Waals surface area contributed by atoms with Crippen molar-refractivity contribution in [3.63, 3.8) is 0 Å². The SMILES string of the molecule is Cc1ccc(NC(=O)[C@H](C)Sc2nnc(-c3ccccc3F)n2C2CC2)cc1F. The number of rotatable bonds is 6. The van der Waals surface area contributed by atoms with E-state index in [1.165, 1.54) is 23.9 Å². The topological polar surface area (TPSA) is 59.8 Å². The van der Waals surface area contributed by atoms with Gasteiger partial charge in [0.15, 0.2) is 11.0 Å². The number of aromatic nitrogens is 3. The Morgan fingerprint density at radius 2 is 1.93 bits per heavy atom. The Kier molecular flexibility index (Phi) is 5.36. The van der Waals surface area contributed by atoms with Crippen LogP contribution in [-0.4, -0.2) is 25.9 Å². The van der Waals surface area contributed by atoms with Gasteiger partial charge in [0.1, 0.15) is 11.6 Å². The van der Waals surface area contributed by atoms with Crippen LogP contribution in [0.1, 0.15) is 31.4 Å². The van der Waals surface area contributed by atoms with Crippen LogP contribution in [0.2, 0.25) is 0 Å². The van der Waals surface area contributed by atoms with E-state index >= 15 is 0 Å². The highest BCUT2D eigenvalue weighted by atomic mass is 32.2. The lowest BCUT2D eigenvalue weighted by Crippen LogP contribution is -2.23. The van der Waals surface area contributed by atoms with Gasteiger partial charge >= 0.3 is 0 Å². The van der Waals surface area contributed by atoms with E-state index in [1.807, 2.05) is 4.57 Å². The summed E-state index contributed by atoms with van der Waals surface area (Å²) < 4.78 is 29.9. The van der Waals surface area contributed by atoms with Gasteiger partial charge in [0, 0.05) is 11.7 Å². The first-order chi connectivity index (χ1) is 13.9. The maximum Gasteiger partial charge on any atom is 0.237 e. The van der Waals surface area contributed by atoms with Gasteiger partial charge in [0.05, 0.1) is 10.8 Å². The molecule has 0 saturated heterocycles. The minimum Gasteiger partial charge on any atom is -0.325 e. The van der Waals surface area contributed by atoms with Crippen molar-refractivity contribution in [2.75, 3.05) is 5.32 Å². The third-order valence-electron chi connectivity index (χ3n) is 4.78. The van der Waals surface area contributed by atoms with Gasteiger partial charge in [-0.3, -0.25) is 9.36 Å². The fraction of sp³-hybridized carbons (Fsp3) is 0.286. The maximum absolute atomic E-state index is 14.3. The van der Waals surface area contributed by atoms with Crippen LogP contribution >= 0.6 is 11.8 Å². The highest BCUT2D eigenvalue weighted by Crippen LogP contribution is 2.42. The second kappa shape index (κ2) is 7.94. The number of hydrogen-bond donors (Lipinski definition) is 1. The van der Waals surface area contributed by atoms with Gasteiger partial charge in [0.2, 0.25) is 5.91 Å². The fourth-order valence-corrected chi connectivity index (χ4v) is 3.89. The highest BCUT2D eigenvalue weighted by molar-refractivity contribution is 8.00. The van der Waals surface area contributed by atoms with Gasteiger partial charge in [0.25, 0.3) is 0 Å². The molecule has 1 aromatic heterocycles. The molecule has 0 bridgehead atoms. The molecule has 2 aromatic carbocycles. The standard InChI is InChI=1S/C21H20F2N4OS/c1-12-7-8-14(11-18(12)23)24-20(28)13(2)29-21-26-25-19(27(21)15-9-10-15)16-5-3-4-6-17(16)22/h3-8,11,13,15H,9-10H2,1-2H3,(H,24,28)/t13-/m0/s1. The van der Waals surface area contributed by atoms with E-state index in [4.69, 9.17) is 0 Å². The third kappa shape index (κ3) is 4.17. The molecule has 29 heavy (non-hydrogen) atoms. The van der Waals surface area contributed by atoms with Crippen molar-refractivity contribution in [2.45, 2.75) is 43.1 Å². The lowest BCUT2D eigenvalue weighted by Gasteiger charge is -2.14. The Balaban J connectivity index is 1.54. The lowest BCUT2D eigenvalue weighted by molar-refractivity contribution is -0.115. The van der Waals surface area contributed by atoms with Gasteiger partial charge < -0.3 is 5.32 Å². The maximum atomic E-state index is 14.3. The number of nitrogens with zero attached hydrogens (tertiary/aromatic N) is 3. The number of amides is 1. The molecule has 1 saturated carbocycles. The summed E-state index contributed by atoms with van der Waals surface area (Å²) in [5.41, 5.74) is 1.32. The molecule has 1 amide bonds. The van der Waals surface area contributed by atoms with Crippen LogP contribution < -0.4 is 5.32 Å². The molecule has 0 aliphatic heterocycles. The average Bonchev–Trinajstić information content (AvgIpc) is 3.45. The Labute approximate surface area is 171 Å². The lowest BCUT2D eigenvalue weighted by atomic mass is 10.2. The molecule has 1 atom stereocenters. The van der Waals surface area contributed by atoms with Gasteiger partial charge in [-0.1, -0.05) is 30.0 Å². The van der Waals surface area contributed by atoms with Crippen LogP contribution in [0.4, 0.5) is 14.5 Å². The number of carbonyl (C=O) groups excluding carboxylic acids is 1. The number of halogens is 2. The molecule has 4 rings (SSSR count). The zero-order valence-electron chi connectivity index (χ0n) is 16.0. The molecule has 1 N–H and O–H groups in total. The number of benzene rings is 2. The highest BCUT2D eigenvalue weighted by Gasteiger charge is 2.32. The van der Waals surface area contributed by atoms with Crippen molar-refractivity contribution in [1.82, 2.24) is 14.8 Å². The van der Waals surface area contributed by atoms with E-state index in [1.54, 1.807) is 44.2 Å². The average molecular weight is 414 g/mol. The normalized spacial score (nSPS) is 14.6. The molecule has 3 aromatic rings. The van der Waals surface area contributed by atoms with Crippen LogP contribution in [-0.2, 0) is 4.79 Å². The van der Waals surface area contributed by atoms with E-state index in [0.717, 1.165) is 12.8 Å². The van der Waals surface area contributed by atoms with Crippen LogP contribution in [0.5, 0.6) is 0 Å². The van der Waals surface area contributed by atoms with E-state index in [2.05, 4.69) is 15.5 Å². The summed E-state index contributed by atoms with van der Waals surface area (Å²) in [7, 11) is 0. The number of aryl methyl sites for hydroxylation is 1. The molecule has 1 aliphatic rings. The van der Waals surface area contributed by atoms with Crippen LogP contribution in [0.3, 0.4) is 0 Å². The van der Waals surface area contributed by atoms with Crippen LogP contribution in [0.25, 0.3) is 11.4 Å². The Hall–Kier alpha value is -2.74. The van der Waals surface area contributed by atoms with Crippen molar-refractivity contribution < 1.29 is 13.6 Å². The Morgan fingerprint density at radius 3 is 2.62 bits per heavy atom. The minimum absolute atomic E-state index is 0.212. The predicted octanol–water partition coefficient (Wildman–Crippen LogP) is 4.99. The second-order valence-electron chi connectivity index (χ2n) is 7.10. The minimum atomic E-state index is -0.491. The van der Waals surface area contributed by atoms with Crippen molar-refractivity contribution >= 4 is 23.4 Å². The van der Waals surface area contributed by atoms with E-state index < -0.39 is 5.25 Å². The van der Waals surface area contributed by atoms with Gasteiger partial charge in [-0.2, -0.15) is 0 Å². The second-order valence-corrected chi connectivity index (χ2v) is 8.41. The Bertz CT molecular complexity index is 1060. The first-order valence-corrected chi connectivity index (χ1v) is 10.3. The van der Waals surface area contributed by atoms with Gasteiger partial charge in [-0.15, -0.1) is 10.2 Å². The Morgan fingerprint density at radius 1 is 1.17 bits per heavy atom. The zero-order chi connectivity index (χ0) is 20.5. The van der Waals surface area contributed by atoms with Gasteiger partial charge in [-0.05, 0) is 56.5 Å². The molecule has 1 aliphatic carbocycles. The third-order valence-corrected chi connectivity index (χ3v) is 5.84. The monoisotopic (exact) mass is 414 g/mol. The fourth-order valence-electron chi connectivity index (χ4n) is 2.97. The predicted molar refractivity (Wildman–Crippen MR) is 109 cm³/mol. The van der Waals surface area contributed by atoms with Crippen molar-refractivity contribution in [1.29, 1.82) is 0 Å². The molecular formula is C21H20F2N4OS. The molecule has 1 heterocycles. The summed E-state index contributed by atoms with van der Waals surface area (Å²) in [5, 5.41) is 11.2.